The fourth-order valence-electron chi connectivity index (χ4n) is 1.86. The molecule has 19 heavy (non-hydrogen) atoms. The predicted molar refractivity (Wildman–Crippen MR) is 67.2 cm³/mol. The number of aliphatic hydroxyl groups is 2. The molecule has 0 rings (SSSR count). The van der Waals surface area contributed by atoms with Crippen LogP contribution in [0.15, 0.2) is 0 Å². The SMILES string of the molecule is COC(CN)C(O)C(O)[C@H](OC)C(CN)COC=O. The van der Waals surface area contributed by atoms with Crippen LogP contribution in [0.4, 0.5) is 0 Å². The van der Waals surface area contributed by atoms with Crippen LogP contribution >= 0.6 is 0 Å². The van der Waals surface area contributed by atoms with Crippen LogP contribution in [0.5, 0.6) is 0 Å². The van der Waals surface area contributed by atoms with Crippen LogP contribution in [-0.4, -0.2) is 75.0 Å². The second-order valence-corrected chi connectivity index (χ2v) is 4.12. The van der Waals surface area contributed by atoms with Gasteiger partial charge in [-0.2, -0.15) is 0 Å². The standard InChI is InChI=1S/C11H24N2O6/c1-17-8(4-13)9(15)10(16)11(18-2)7(3-12)5-19-6-14/h6-11,15-16H,3-5,12-13H2,1-2H3/t7?,8?,9?,10?,11-/m1/s1. The Kier molecular flexibility index (Phi) is 9.66. The molecule has 0 aliphatic carbocycles. The Balaban J connectivity index is 4.74. The summed E-state index contributed by atoms with van der Waals surface area (Å²) in [5.74, 6) is -0.449. The van der Waals surface area contributed by atoms with Crippen LogP contribution in [0.1, 0.15) is 0 Å². The van der Waals surface area contributed by atoms with E-state index in [4.69, 9.17) is 20.9 Å². The summed E-state index contributed by atoms with van der Waals surface area (Å²) in [6.45, 7) is 0.443. The van der Waals surface area contributed by atoms with E-state index in [0.29, 0.717) is 0 Å². The molecule has 0 saturated carbocycles. The van der Waals surface area contributed by atoms with Gasteiger partial charge in [0.05, 0.1) is 18.8 Å². The molecule has 4 unspecified atom stereocenters. The largest absolute Gasteiger partial charge is 0.467 e. The van der Waals surface area contributed by atoms with Crippen LogP contribution in [0.2, 0.25) is 0 Å². The first kappa shape index (κ1) is 18.2. The van der Waals surface area contributed by atoms with Gasteiger partial charge in [-0.15, -0.1) is 0 Å². The third-order valence-electron chi connectivity index (χ3n) is 3.02. The van der Waals surface area contributed by atoms with Gasteiger partial charge in [-0.3, -0.25) is 4.79 Å². The number of carbonyl (C=O) groups excluding carboxylic acids is 1. The molecule has 0 amide bonds. The van der Waals surface area contributed by atoms with E-state index >= 15 is 0 Å². The molecule has 0 fully saturated rings. The zero-order chi connectivity index (χ0) is 14.8. The first-order valence-electron chi connectivity index (χ1n) is 5.94. The van der Waals surface area contributed by atoms with Crippen LogP contribution < -0.4 is 11.5 Å². The van der Waals surface area contributed by atoms with E-state index in [1.54, 1.807) is 0 Å². The van der Waals surface area contributed by atoms with Gasteiger partial charge >= 0.3 is 0 Å². The lowest BCUT2D eigenvalue weighted by atomic mass is 9.93. The highest BCUT2D eigenvalue weighted by molar-refractivity contribution is 5.36. The number of nitrogens with two attached hydrogens (primary N) is 2. The van der Waals surface area contributed by atoms with E-state index in [2.05, 4.69) is 4.74 Å². The number of hydrogen-bond acceptors (Lipinski definition) is 8. The normalized spacial score (nSPS) is 19.3. The van der Waals surface area contributed by atoms with E-state index in [0.717, 1.165) is 0 Å². The lowest BCUT2D eigenvalue weighted by Crippen LogP contribution is -2.52. The van der Waals surface area contributed by atoms with Gasteiger partial charge in [-0.1, -0.05) is 0 Å². The second kappa shape index (κ2) is 10.1. The van der Waals surface area contributed by atoms with Gasteiger partial charge in [0, 0.05) is 33.2 Å². The number of aliphatic hydroxyl groups excluding tert-OH is 2. The highest BCUT2D eigenvalue weighted by atomic mass is 16.5. The second-order valence-electron chi connectivity index (χ2n) is 4.12. The molecule has 8 heteroatoms. The van der Waals surface area contributed by atoms with Crippen molar-refractivity contribution in [1.29, 1.82) is 0 Å². The van der Waals surface area contributed by atoms with Gasteiger partial charge in [-0.25, -0.2) is 0 Å². The zero-order valence-corrected chi connectivity index (χ0v) is 11.3. The maximum Gasteiger partial charge on any atom is 0.293 e. The summed E-state index contributed by atoms with van der Waals surface area (Å²) in [7, 11) is 2.75. The molecule has 0 radical (unpaired) electrons. The minimum absolute atomic E-state index is 0.0113. The van der Waals surface area contributed by atoms with E-state index in [1.807, 2.05) is 0 Å². The third kappa shape index (κ3) is 5.39. The number of methoxy groups -OCH3 is 2. The quantitative estimate of drug-likeness (QED) is 0.303. The molecule has 0 bridgehead atoms. The number of rotatable bonds is 11. The minimum atomic E-state index is -1.26. The number of hydrogen-bond donors (Lipinski definition) is 4. The van der Waals surface area contributed by atoms with Crippen molar-refractivity contribution in [3.8, 4) is 0 Å². The third-order valence-corrected chi connectivity index (χ3v) is 3.02. The van der Waals surface area contributed by atoms with Crippen molar-refractivity contribution < 1.29 is 29.2 Å². The van der Waals surface area contributed by atoms with Gasteiger partial charge in [0.25, 0.3) is 6.47 Å². The molecule has 0 aliphatic rings. The number of carbonyl (C=O) groups is 1. The Morgan fingerprint density at radius 2 is 1.74 bits per heavy atom. The van der Waals surface area contributed by atoms with Crippen molar-refractivity contribution in [2.45, 2.75) is 24.4 Å². The Bertz CT molecular complexity index is 239. The summed E-state index contributed by atoms with van der Waals surface area (Å²) in [6.07, 6.45) is -4.02. The van der Waals surface area contributed by atoms with Crippen LogP contribution in [-0.2, 0) is 19.0 Å². The van der Waals surface area contributed by atoms with Gasteiger partial charge < -0.3 is 35.9 Å². The Morgan fingerprint density at radius 1 is 1.11 bits per heavy atom. The van der Waals surface area contributed by atoms with E-state index < -0.39 is 30.3 Å². The lowest BCUT2D eigenvalue weighted by molar-refractivity contribution is -0.146. The molecular formula is C11H24N2O6. The topological polar surface area (TPSA) is 137 Å². The van der Waals surface area contributed by atoms with Gasteiger partial charge in [0.1, 0.15) is 12.2 Å². The van der Waals surface area contributed by atoms with Gasteiger partial charge in [0.15, 0.2) is 0 Å². The average Bonchev–Trinajstić information content (AvgIpc) is 2.43. The van der Waals surface area contributed by atoms with Crippen molar-refractivity contribution in [3.05, 3.63) is 0 Å². The lowest BCUT2D eigenvalue weighted by Gasteiger charge is -2.33. The fraction of sp³-hybridized carbons (Fsp3) is 0.909. The molecule has 0 aromatic carbocycles. The molecule has 114 valence electrons. The highest BCUT2D eigenvalue weighted by Crippen LogP contribution is 2.16. The summed E-state index contributed by atoms with van der Waals surface area (Å²) >= 11 is 0. The molecule has 0 aromatic rings. The van der Waals surface area contributed by atoms with Gasteiger partial charge in [-0.05, 0) is 0 Å². The minimum Gasteiger partial charge on any atom is -0.467 e. The Hall–Kier alpha value is -0.770. The molecule has 6 N–H and O–H groups in total. The molecule has 5 atom stereocenters. The summed E-state index contributed by atoms with van der Waals surface area (Å²) in [4.78, 5) is 10.2. The van der Waals surface area contributed by atoms with Crippen molar-refractivity contribution in [2.75, 3.05) is 33.9 Å². The van der Waals surface area contributed by atoms with E-state index in [1.165, 1.54) is 14.2 Å². The van der Waals surface area contributed by atoms with Crippen LogP contribution in [0, 0.1) is 5.92 Å². The zero-order valence-electron chi connectivity index (χ0n) is 11.3. The highest BCUT2D eigenvalue weighted by Gasteiger charge is 2.36. The number of ether oxygens (including phenoxy) is 3. The Labute approximate surface area is 112 Å². The average molecular weight is 280 g/mol. The monoisotopic (exact) mass is 280 g/mol. The van der Waals surface area contributed by atoms with E-state index in [-0.39, 0.29) is 26.2 Å². The smallest absolute Gasteiger partial charge is 0.293 e. The van der Waals surface area contributed by atoms with Crippen molar-refractivity contribution in [1.82, 2.24) is 0 Å². The van der Waals surface area contributed by atoms with Crippen LogP contribution in [0.3, 0.4) is 0 Å². The molecule has 8 nitrogen and oxygen atoms in total. The first-order chi connectivity index (χ1) is 9.06. The molecular weight excluding hydrogens is 256 g/mol. The van der Waals surface area contributed by atoms with Crippen molar-refractivity contribution >= 4 is 6.47 Å². The summed E-state index contributed by atoms with van der Waals surface area (Å²) in [5, 5.41) is 20.1. The summed E-state index contributed by atoms with van der Waals surface area (Å²) in [5.41, 5.74) is 11.0. The maximum atomic E-state index is 10.2. The molecule has 0 aromatic heterocycles. The fourth-order valence-corrected chi connectivity index (χ4v) is 1.86. The molecule has 0 aliphatic heterocycles. The van der Waals surface area contributed by atoms with Gasteiger partial charge in [0.2, 0.25) is 0 Å². The Morgan fingerprint density at radius 3 is 2.11 bits per heavy atom. The van der Waals surface area contributed by atoms with Crippen molar-refractivity contribution in [3.63, 3.8) is 0 Å². The van der Waals surface area contributed by atoms with Crippen LogP contribution in [0.25, 0.3) is 0 Å². The van der Waals surface area contributed by atoms with E-state index in [9.17, 15) is 15.0 Å². The first-order valence-corrected chi connectivity index (χ1v) is 5.94. The molecule has 0 saturated heterocycles. The van der Waals surface area contributed by atoms with Crippen molar-refractivity contribution in [2.24, 2.45) is 17.4 Å². The molecule has 0 spiro atoms. The maximum absolute atomic E-state index is 10.2. The predicted octanol–water partition coefficient (Wildman–Crippen LogP) is -2.56. The molecule has 0 heterocycles. The summed E-state index contributed by atoms with van der Waals surface area (Å²) in [6, 6.07) is 0. The summed E-state index contributed by atoms with van der Waals surface area (Å²) < 4.78 is 14.7.